The molecule has 2 rings (SSSR count). The summed E-state index contributed by atoms with van der Waals surface area (Å²) in [5.74, 6) is 1.58. The molecule has 19 heavy (non-hydrogen) atoms. The van der Waals surface area contributed by atoms with E-state index in [4.69, 9.17) is 9.47 Å². The summed E-state index contributed by atoms with van der Waals surface area (Å²) in [6.07, 6.45) is 3.61. The number of ether oxygens (including phenoxy) is 2. The Hall–Kier alpha value is -2.23. The second kappa shape index (κ2) is 6.09. The number of pyridine rings is 1. The van der Waals surface area contributed by atoms with E-state index in [0.717, 1.165) is 22.7 Å². The van der Waals surface area contributed by atoms with Crippen molar-refractivity contribution in [1.82, 2.24) is 4.98 Å². The predicted octanol–water partition coefficient (Wildman–Crippen LogP) is 3.02. The molecular weight excluding hydrogens is 240 g/mol. The third-order valence-electron chi connectivity index (χ3n) is 2.93. The van der Waals surface area contributed by atoms with E-state index in [0.29, 0.717) is 6.54 Å². The summed E-state index contributed by atoms with van der Waals surface area (Å²) < 4.78 is 10.5. The maximum atomic E-state index is 5.25. The lowest BCUT2D eigenvalue weighted by atomic mass is 10.2. The van der Waals surface area contributed by atoms with Crippen LogP contribution >= 0.6 is 0 Å². The van der Waals surface area contributed by atoms with E-state index >= 15 is 0 Å². The molecule has 0 radical (unpaired) electrons. The molecule has 0 aliphatic carbocycles. The lowest BCUT2D eigenvalue weighted by Crippen LogP contribution is -2.02. The standard InChI is InChI=1S/C15H18N2O2/c1-11-4-5-16-10-15(11)17-9-12-6-13(18-2)8-14(7-12)19-3/h4-8,10,17H,9H2,1-3H3. The molecule has 0 atom stereocenters. The van der Waals surface area contributed by atoms with Gasteiger partial charge in [-0.25, -0.2) is 0 Å². The van der Waals surface area contributed by atoms with E-state index in [1.807, 2.05) is 30.5 Å². The van der Waals surface area contributed by atoms with Gasteiger partial charge in [0.25, 0.3) is 0 Å². The minimum absolute atomic E-state index is 0.695. The second-order valence-corrected chi connectivity index (χ2v) is 4.27. The Kier molecular flexibility index (Phi) is 4.23. The van der Waals surface area contributed by atoms with Crippen molar-refractivity contribution in [3.63, 3.8) is 0 Å². The van der Waals surface area contributed by atoms with Gasteiger partial charge in [-0.15, -0.1) is 0 Å². The van der Waals surface area contributed by atoms with Crippen LogP contribution in [0.2, 0.25) is 0 Å². The van der Waals surface area contributed by atoms with Gasteiger partial charge in [-0.05, 0) is 36.2 Å². The third-order valence-corrected chi connectivity index (χ3v) is 2.93. The third kappa shape index (κ3) is 3.37. The van der Waals surface area contributed by atoms with Crippen molar-refractivity contribution in [3.05, 3.63) is 47.8 Å². The zero-order chi connectivity index (χ0) is 13.7. The quantitative estimate of drug-likeness (QED) is 0.895. The van der Waals surface area contributed by atoms with E-state index in [1.165, 1.54) is 5.56 Å². The highest BCUT2D eigenvalue weighted by atomic mass is 16.5. The highest BCUT2D eigenvalue weighted by Gasteiger charge is 2.03. The van der Waals surface area contributed by atoms with Gasteiger partial charge in [0.05, 0.1) is 26.1 Å². The zero-order valence-electron chi connectivity index (χ0n) is 11.4. The molecule has 0 saturated heterocycles. The first-order valence-corrected chi connectivity index (χ1v) is 6.09. The molecule has 2 aromatic rings. The minimum atomic E-state index is 0.695. The molecule has 0 saturated carbocycles. The van der Waals surface area contributed by atoms with Crippen LogP contribution in [-0.2, 0) is 6.54 Å². The van der Waals surface area contributed by atoms with Gasteiger partial charge >= 0.3 is 0 Å². The number of hydrogen-bond acceptors (Lipinski definition) is 4. The molecule has 4 nitrogen and oxygen atoms in total. The smallest absolute Gasteiger partial charge is 0.122 e. The SMILES string of the molecule is COc1cc(CNc2cnccc2C)cc(OC)c1. The van der Waals surface area contributed by atoms with Crippen molar-refractivity contribution >= 4 is 5.69 Å². The lowest BCUT2D eigenvalue weighted by molar-refractivity contribution is 0.393. The number of aromatic nitrogens is 1. The first-order chi connectivity index (χ1) is 9.22. The van der Waals surface area contributed by atoms with Crippen LogP contribution in [0.15, 0.2) is 36.7 Å². The Morgan fingerprint density at radius 3 is 2.37 bits per heavy atom. The van der Waals surface area contributed by atoms with Crippen LogP contribution < -0.4 is 14.8 Å². The minimum Gasteiger partial charge on any atom is -0.497 e. The van der Waals surface area contributed by atoms with Crippen molar-refractivity contribution < 1.29 is 9.47 Å². The zero-order valence-corrected chi connectivity index (χ0v) is 11.4. The van der Waals surface area contributed by atoms with Gasteiger partial charge in [-0.2, -0.15) is 0 Å². The molecule has 1 N–H and O–H groups in total. The summed E-state index contributed by atoms with van der Waals surface area (Å²) in [5, 5.41) is 3.36. The van der Waals surface area contributed by atoms with Gasteiger partial charge in [-0.3, -0.25) is 4.98 Å². The van der Waals surface area contributed by atoms with Crippen molar-refractivity contribution in [3.8, 4) is 11.5 Å². The molecule has 0 unspecified atom stereocenters. The molecule has 1 heterocycles. The van der Waals surface area contributed by atoms with Crippen LogP contribution in [0.3, 0.4) is 0 Å². The summed E-state index contributed by atoms with van der Waals surface area (Å²) in [6.45, 7) is 2.75. The van der Waals surface area contributed by atoms with Crippen LogP contribution in [0.1, 0.15) is 11.1 Å². The number of benzene rings is 1. The number of nitrogens with one attached hydrogen (secondary N) is 1. The highest BCUT2D eigenvalue weighted by molar-refractivity contribution is 5.49. The predicted molar refractivity (Wildman–Crippen MR) is 75.8 cm³/mol. The van der Waals surface area contributed by atoms with E-state index in [-0.39, 0.29) is 0 Å². The van der Waals surface area contributed by atoms with Gasteiger partial charge in [-0.1, -0.05) is 0 Å². The van der Waals surface area contributed by atoms with Crippen LogP contribution in [0.4, 0.5) is 5.69 Å². The van der Waals surface area contributed by atoms with Crippen LogP contribution in [0.5, 0.6) is 11.5 Å². The summed E-state index contributed by atoms with van der Waals surface area (Å²) in [6, 6.07) is 7.82. The summed E-state index contributed by atoms with van der Waals surface area (Å²) in [4.78, 5) is 4.11. The van der Waals surface area contributed by atoms with Crippen molar-refractivity contribution in [2.24, 2.45) is 0 Å². The average Bonchev–Trinajstić information content (AvgIpc) is 2.46. The molecule has 0 aliphatic rings. The number of rotatable bonds is 5. The Bertz CT molecular complexity index is 533. The van der Waals surface area contributed by atoms with E-state index in [2.05, 4.69) is 17.2 Å². The van der Waals surface area contributed by atoms with Gasteiger partial charge in [0.15, 0.2) is 0 Å². The van der Waals surface area contributed by atoms with Crippen LogP contribution in [0, 0.1) is 6.92 Å². The van der Waals surface area contributed by atoms with Crippen LogP contribution in [0.25, 0.3) is 0 Å². The fraction of sp³-hybridized carbons (Fsp3) is 0.267. The second-order valence-electron chi connectivity index (χ2n) is 4.27. The molecule has 0 spiro atoms. The number of methoxy groups -OCH3 is 2. The topological polar surface area (TPSA) is 43.4 Å². The Balaban J connectivity index is 2.13. The number of anilines is 1. The molecule has 0 aliphatic heterocycles. The van der Waals surface area contributed by atoms with E-state index in [1.54, 1.807) is 20.4 Å². The van der Waals surface area contributed by atoms with Crippen LogP contribution in [-0.4, -0.2) is 19.2 Å². The molecule has 0 amide bonds. The molecule has 0 fully saturated rings. The fourth-order valence-corrected chi connectivity index (χ4v) is 1.81. The van der Waals surface area contributed by atoms with E-state index < -0.39 is 0 Å². The maximum absolute atomic E-state index is 5.25. The molecule has 100 valence electrons. The summed E-state index contributed by atoms with van der Waals surface area (Å²) in [5.41, 5.74) is 3.30. The number of hydrogen-bond donors (Lipinski definition) is 1. The maximum Gasteiger partial charge on any atom is 0.122 e. The average molecular weight is 258 g/mol. The van der Waals surface area contributed by atoms with Crippen molar-refractivity contribution in [2.45, 2.75) is 13.5 Å². The van der Waals surface area contributed by atoms with Gasteiger partial charge in [0, 0.05) is 18.8 Å². The first kappa shape index (κ1) is 13.2. The van der Waals surface area contributed by atoms with Crippen molar-refractivity contribution in [2.75, 3.05) is 19.5 Å². The van der Waals surface area contributed by atoms with Crippen molar-refractivity contribution in [1.29, 1.82) is 0 Å². The molecule has 4 heteroatoms. The molecule has 1 aromatic heterocycles. The Morgan fingerprint density at radius 1 is 1.11 bits per heavy atom. The number of aryl methyl sites for hydroxylation is 1. The van der Waals surface area contributed by atoms with Gasteiger partial charge < -0.3 is 14.8 Å². The highest BCUT2D eigenvalue weighted by Crippen LogP contribution is 2.23. The molecule has 1 aromatic carbocycles. The lowest BCUT2D eigenvalue weighted by Gasteiger charge is -2.11. The van der Waals surface area contributed by atoms with E-state index in [9.17, 15) is 0 Å². The monoisotopic (exact) mass is 258 g/mol. The normalized spacial score (nSPS) is 10.1. The summed E-state index contributed by atoms with van der Waals surface area (Å²) >= 11 is 0. The number of nitrogens with zero attached hydrogens (tertiary/aromatic N) is 1. The van der Waals surface area contributed by atoms with Gasteiger partial charge in [0.1, 0.15) is 11.5 Å². The molecule has 0 bridgehead atoms. The largest absolute Gasteiger partial charge is 0.497 e. The Labute approximate surface area is 113 Å². The van der Waals surface area contributed by atoms with Gasteiger partial charge in [0.2, 0.25) is 0 Å². The fourth-order valence-electron chi connectivity index (χ4n) is 1.81. The Morgan fingerprint density at radius 2 is 1.79 bits per heavy atom. The molecular formula is C15H18N2O2. The summed E-state index contributed by atoms with van der Waals surface area (Å²) in [7, 11) is 3.30. The first-order valence-electron chi connectivity index (χ1n) is 6.09.